The van der Waals surface area contributed by atoms with E-state index in [2.05, 4.69) is 6.92 Å². The number of thioether (sulfide) groups is 2. The highest BCUT2D eigenvalue weighted by Crippen LogP contribution is 2.35. The summed E-state index contributed by atoms with van der Waals surface area (Å²) in [5, 5.41) is 0.596. The summed E-state index contributed by atoms with van der Waals surface area (Å²) in [5.41, 5.74) is 0. The Morgan fingerprint density at radius 2 is 2.00 bits per heavy atom. The normalized spacial score (nSPS) is 30.2. The maximum atomic E-state index is 11.2. The maximum Gasteiger partial charge on any atom is 0.246 e. The first-order valence-electron chi connectivity index (χ1n) is 4.48. The topological polar surface area (TPSA) is 17.1 Å². The van der Waals surface area contributed by atoms with Gasteiger partial charge in [-0.2, -0.15) is 0 Å². The number of hydrogen-bond donors (Lipinski definition) is 0. The van der Waals surface area contributed by atoms with Crippen LogP contribution in [0.2, 0.25) is 0 Å². The Morgan fingerprint density at radius 1 is 1.33 bits per heavy atom. The fraction of sp³-hybridized carbons (Fsp3) is 0.889. The number of hydrogen-bond acceptors (Lipinski definition) is 3. The molecule has 0 aliphatic heterocycles. The van der Waals surface area contributed by atoms with Crippen molar-refractivity contribution >= 4 is 28.0 Å². The summed E-state index contributed by atoms with van der Waals surface area (Å²) < 4.78 is 0.286. The van der Waals surface area contributed by atoms with Gasteiger partial charge in [-0.1, -0.05) is 43.3 Å². The van der Waals surface area contributed by atoms with Gasteiger partial charge in [0.2, 0.25) is 4.45 Å². The van der Waals surface area contributed by atoms with Crippen LogP contribution >= 0.6 is 23.5 Å². The van der Waals surface area contributed by atoms with Crippen LogP contribution in [-0.4, -0.2) is 16.0 Å². The van der Waals surface area contributed by atoms with E-state index in [0.29, 0.717) is 5.25 Å². The standard InChI is InChI=1S/C9H16OS2/c1-7-5-3-4-6-8(7)12-9(10)11-2/h7-8H,3-6H2,1-2H3. The molecule has 3 heteroatoms. The quantitative estimate of drug-likeness (QED) is 0.647. The molecule has 0 spiro atoms. The third-order valence-corrected chi connectivity index (χ3v) is 4.76. The van der Waals surface area contributed by atoms with Gasteiger partial charge < -0.3 is 0 Å². The average Bonchev–Trinajstić information content (AvgIpc) is 2.09. The van der Waals surface area contributed by atoms with E-state index in [0.717, 1.165) is 5.92 Å². The summed E-state index contributed by atoms with van der Waals surface area (Å²) in [4.78, 5) is 11.2. The minimum atomic E-state index is 0.286. The first-order valence-corrected chi connectivity index (χ1v) is 6.59. The maximum absolute atomic E-state index is 11.2. The molecule has 2 unspecified atom stereocenters. The van der Waals surface area contributed by atoms with Gasteiger partial charge in [-0.3, -0.25) is 4.79 Å². The van der Waals surface area contributed by atoms with E-state index < -0.39 is 0 Å². The molecule has 0 aromatic heterocycles. The van der Waals surface area contributed by atoms with Crippen molar-refractivity contribution in [1.82, 2.24) is 0 Å². The van der Waals surface area contributed by atoms with Crippen LogP contribution in [0.15, 0.2) is 0 Å². The first-order chi connectivity index (χ1) is 5.74. The zero-order valence-corrected chi connectivity index (χ0v) is 9.34. The van der Waals surface area contributed by atoms with Gasteiger partial charge in [-0.25, -0.2) is 0 Å². The summed E-state index contributed by atoms with van der Waals surface area (Å²) in [6, 6.07) is 0. The van der Waals surface area contributed by atoms with Gasteiger partial charge in [-0.15, -0.1) is 0 Å². The highest BCUT2D eigenvalue weighted by atomic mass is 32.2. The minimum Gasteiger partial charge on any atom is -0.274 e. The van der Waals surface area contributed by atoms with Crippen LogP contribution in [0.3, 0.4) is 0 Å². The monoisotopic (exact) mass is 204 g/mol. The zero-order valence-electron chi connectivity index (χ0n) is 7.71. The Morgan fingerprint density at radius 3 is 2.58 bits per heavy atom. The van der Waals surface area contributed by atoms with Crippen molar-refractivity contribution in [2.24, 2.45) is 5.92 Å². The molecule has 1 rings (SSSR count). The van der Waals surface area contributed by atoms with E-state index in [1.165, 1.54) is 37.4 Å². The number of carbonyl (C=O) groups excluding carboxylic acids is 1. The van der Waals surface area contributed by atoms with Gasteiger partial charge in [0.1, 0.15) is 0 Å². The Bertz CT molecular complexity index is 159. The van der Waals surface area contributed by atoms with E-state index in [1.54, 1.807) is 11.8 Å². The molecule has 1 fully saturated rings. The van der Waals surface area contributed by atoms with E-state index in [9.17, 15) is 4.79 Å². The predicted octanol–water partition coefficient (Wildman–Crippen LogP) is 3.78. The Kier molecular flexibility index (Phi) is 4.51. The van der Waals surface area contributed by atoms with Gasteiger partial charge in [0.25, 0.3) is 0 Å². The molecular formula is C9H16OS2. The van der Waals surface area contributed by atoms with Crippen molar-refractivity contribution in [2.45, 2.75) is 37.9 Å². The van der Waals surface area contributed by atoms with Gasteiger partial charge in [-0.05, 0) is 25.0 Å². The second kappa shape index (κ2) is 5.18. The van der Waals surface area contributed by atoms with Crippen molar-refractivity contribution in [1.29, 1.82) is 0 Å². The lowest BCUT2D eigenvalue weighted by atomic mass is 9.90. The second-order valence-corrected chi connectivity index (χ2v) is 5.62. The van der Waals surface area contributed by atoms with Crippen LogP contribution in [0.25, 0.3) is 0 Å². The van der Waals surface area contributed by atoms with Crippen LogP contribution in [-0.2, 0) is 0 Å². The van der Waals surface area contributed by atoms with Crippen molar-refractivity contribution in [3.63, 3.8) is 0 Å². The largest absolute Gasteiger partial charge is 0.274 e. The molecule has 0 radical (unpaired) electrons. The fourth-order valence-corrected chi connectivity index (χ4v) is 3.28. The lowest BCUT2D eigenvalue weighted by Crippen LogP contribution is -2.19. The van der Waals surface area contributed by atoms with Gasteiger partial charge in [0.05, 0.1) is 0 Å². The lowest BCUT2D eigenvalue weighted by Gasteiger charge is -2.26. The van der Waals surface area contributed by atoms with Crippen LogP contribution in [0, 0.1) is 5.92 Å². The molecule has 1 aliphatic carbocycles. The second-order valence-electron chi connectivity index (χ2n) is 3.37. The van der Waals surface area contributed by atoms with Gasteiger partial charge in [0.15, 0.2) is 0 Å². The van der Waals surface area contributed by atoms with E-state index in [1.807, 2.05) is 6.26 Å². The number of carbonyl (C=O) groups is 1. The molecule has 2 atom stereocenters. The van der Waals surface area contributed by atoms with Crippen LogP contribution in [0.5, 0.6) is 0 Å². The smallest absolute Gasteiger partial charge is 0.246 e. The average molecular weight is 204 g/mol. The highest BCUT2D eigenvalue weighted by Gasteiger charge is 2.23. The molecule has 1 nitrogen and oxygen atoms in total. The molecule has 0 aromatic rings. The van der Waals surface area contributed by atoms with Crippen LogP contribution < -0.4 is 0 Å². The Balaban J connectivity index is 2.33. The minimum absolute atomic E-state index is 0.286. The summed E-state index contributed by atoms with van der Waals surface area (Å²) in [7, 11) is 0. The van der Waals surface area contributed by atoms with Crippen LogP contribution in [0.4, 0.5) is 4.79 Å². The summed E-state index contributed by atoms with van der Waals surface area (Å²) in [5.74, 6) is 0.736. The molecule has 70 valence electrons. The third kappa shape index (κ3) is 3.02. The van der Waals surface area contributed by atoms with Crippen molar-refractivity contribution in [3.8, 4) is 0 Å². The van der Waals surface area contributed by atoms with Crippen molar-refractivity contribution < 1.29 is 4.79 Å². The molecule has 0 N–H and O–H groups in total. The molecule has 0 heterocycles. The Hall–Kier alpha value is 0.370. The molecule has 0 aromatic carbocycles. The molecule has 0 saturated heterocycles. The highest BCUT2D eigenvalue weighted by molar-refractivity contribution is 8.38. The molecule has 0 bridgehead atoms. The number of rotatable bonds is 1. The molecular weight excluding hydrogens is 188 g/mol. The van der Waals surface area contributed by atoms with E-state index in [4.69, 9.17) is 0 Å². The zero-order chi connectivity index (χ0) is 8.97. The molecule has 1 saturated carbocycles. The van der Waals surface area contributed by atoms with E-state index >= 15 is 0 Å². The fourth-order valence-electron chi connectivity index (χ4n) is 1.63. The van der Waals surface area contributed by atoms with Crippen LogP contribution in [0.1, 0.15) is 32.6 Å². The lowest BCUT2D eigenvalue weighted by molar-refractivity contribution is 0.276. The molecule has 12 heavy (non-hydrogen) atoms. The van der Waals surface area contributed by atoms with Crippen molar-refractivity contribution in [3.05, 3.63) is 0 Å². The van der Waals surface area contributed by atoms with Gasteiger partial charge >= 0.3 is 0 Å². The summed E-state index contributed by atoms with van der Waals surface area (Å²) in [6.07, 6.45) is 7.07. The van der Waals surface area contributed by atoms with E-state index in [-0.39, 0.29) is 4.45 Å². The summed E-state index contributed by atoms with van der Waals surface area (Å²) >= 11 is 2.90. The molecule has 1 aliphatic rings. The van der Waals surface area contributed by atoms with Gasteiger partial charge in [0, 0.05) is 5.25 Å². The molecule has 0 amide bonds. The summed E-state index contributed by atoms with van der Waals surface area (Å²) in [6.45, 7) is 2.27. The SMILES string of the molecule is CSC(=O)SC1CCCCC1C. The first kappa shape index (κ1) is 10.5. The van der Waals surface area contributed by atoms with Crippen molar-refractivity contribution in [2.75, 3.05) is 6.26 Å². The Labute approximate surface area is 83.1 Å². The third-order valence-electron chi connectivity index (χ3n) is 2.45. The predicted molar refractivity (Wildman–Crippen MR) is 57.9 cm³/mol.